The number of nitrogens with two attached hydrogens (primary N) is 1. The van der Waals surface area contributed by atoms with Gasteiger partial charge < -0.3 is 10.6 Å². The lowest BCUT2D eigenvalue weighted by Crippen LogP contribution is -2.35. The number of hydrogen-bond donors (Lipinski definition) is 1. The summed E-state index contributed by atoms with van der Waals surface area (Å²) in [6, 6.07) is -0.510. The summed E-state index contributed by atoms with van der Waals surface area (Å²) >= 11 is 0. The molecule has 2 N–H and O–H groups in total. The molecule has 0 saturated carbocycles. The maximum atomic E-state index is 11.4. The van der Waals surface area contributed by atoms with E-state index < -0.39 is 15.9 Å². The van der Waals surface area contributed by atoms with Gasteiger partial charge in [-0.25, -0.2) is 13.2 Å². The van der Waals surface area contributed by atoms with Crippen molar-refractivity contribution in [3.05, 3.63) is 0 Å². The van der Waals surface area contributed by atoms with Gasteiger partial charge >= 0.3 is 6.03 Å². The van der Waals surface area contributed by atoms with Crippen molar-refractivity contribution < 1.29 is 13.2 Å². The van der Waals surface area contributed by atoms with Crippen molar-refractivity contribution in [2.45, 2.75) is 11.7 Å². The minimum atomic E-state index is -2.94. The normalized spacial score (nSPS) is 36.2. The fraction of sp³-hybridized carbons (Fsp3) is 0.857. The zero-order valence-electron chi connectivity index (χ0n) is 7.14. The van der Waals surface area contributed by atoms with Crippen molar-refractivity contribution >= 4 is 15.9 Å². The molecule has 2 saturated heterocycles. The molecule has 0 aromatic carbocycles. The van der Waals surface area contributed by atoms with Gasteiger partial charge in [-0.3, -0.25) is 0 Å². The summed E-state index contributed by atoms with van der Waals surface area (Å²) in [6.07, 6.45) is 0.677. The van der Waals surface area contributed by atoms with E-state index >= 15 is 0 Å². The Balaban J connectivity index is 2.19. The number of amides is 2. The van der Waals surface area contributed by atoms with Gasteiger partial charge in [0.2, 0.25) is 0 Å². The Morgan fingerprint density at radius 1 is 1.38 bits per heavy atom. The highest BCUT2D eigenvalue weighted by atomic mass is 32.2. The van der Waals surface area contributed by atoms with Crippen LogP contribution >= 0.6 is 0 Å². The molecule has 0 bridgehead atoms. The third-order valence-electron chi connectivity index (χ3n) is 2.93. The average molecular weight is 204 g/mol. The van der Waals surface area contributed by atoms with Crippen LogP contribution in [0.2, 0.25) is 0 Å². The van der Waals surface area contributed by atoms with E-state index in [0.29, 0.717) is 19.5 Å². The van der Waals surface area contributed by atoms with Crippen LogP contribution in [0.25, 0.3) is 0 Å². The Hall–Kier alpha value is -0.780. The van der Waals surface area contributed by atoms with Crippen LogP contribution in [-0.2, 0) is 9.84 Å². The second-order valence-corrected chi connectivity index (χ2v) is 6.04. The zero-order valence-corrected chi connectivity index (χ0v) is 7.96. The van der Waals surface area contributed by atoms with Gasteiger partial charge in [0.05, 0.1) is 11.0 Å². The number of sulfone groups is 1. The predicted octanol–water partition coefficient (Wildman–Crippen LogP) is -0.816. The van der Waals surface area contributed by atoms with E-state index in [9.17, 15) is 13.2 Å². The van der Waals surface area contributed by atoms with Gasteiger partial charge in [-0.05, 0) is 12.3 Å². The summed E-state index contributed by atoms with van der Waals surface area (Å²) in [6.45, 7) is 0.807. The van der Waals surface area contributed by atoms with Gasteiger partial charge in [-0.2, -0.15) is 0 Å². The minimum absolute atomic E-state index is 0.123. The van der Waals surface area contributed by atoms with Crippen LogP contribution in [0.1, 0.15) is 6.42 Å². The quantitative estimate of drug-likeness (QED) is 0.560. The van der Waals surface area contributed by atoms with Gasteiger partial charge in [-0.15, -0.1) is 0 Å². The third-order valence-corrected chi connectivity index (χ3v) is 5.19. The predicted molar refractivity (Wildman–Crippen MR) is 46.8 cm³/mol. The second kappa shape index (κ2) is 2.60. The standard InChI is InChI=1S/C7H12N2O3S/c8-7(10)9-3-5-1-2-13(11,12)6(5)4-9/h5-6H,1-4H2,(H2,8,10)/t5-,6+/m0/s1. The van der Waals surface area contributed by atoms with Crippen molar-refractivity contribution in [3.63, 3.8) is 0 Å². The molecule has 2 amide bonds. The largest absolute Gasteiger partial charge is 0.351 e. The molecule has 2 rings (SSSR count). The van der Waals surface area contributed by atoms with Crippen molar-refractivity contribution in [2.24, 2.45) is 11.7 Å². The molecule has 6 heteroatoms. The number of carbonyl (C=O) groups is 1. The van der Waals surface area contributed by atoms with Gasteiger partial charge in [0.1, 0.15) is 0 Å². The maximum Gasteiger partial charge on any atom is 0.314 e. The molecule has 0 radical (unpaired) electrons. The lowest BCUT2D eigenvalue weighted by Gasteiger charge is -2.12. The topological polar surface area (TPSA) is 80.5 Å². The third kappa shape index (κ3) is 1.29. The molecular weight excluding hydrogens is 192 g/mol. The summed E-state index contributed by atoms with van der Waals surface area (Å²) < 4.78 is 22.9. The Morgan fingerprint density at radius 2 is 2.08 bits per heavy atom. The molecule has 0 spiro atoms. The first-order chi connectivity index (χ1) is 6.00. The molecule has 74 valence electrons. The van der Waals surface area contributed by atoms with Crippen LogP contribution < -0.4 is 5.73 Å². The SMILES string of the molecule is NC(=O)N1C[C@@H]2CCS(=O)(=O)[C@@H]2C1. The Kier molecular flexibility index (Phi) is 1.76. The van der Waals surface area contributed by atoms with Crippen molar-refractivity contribution in [1.82, 2.24) is 4.90 Å². The molecule has 5 nitrogen and oxygen atoms in total. The first-order valence-electron chi connectivity index (χ1n) is 4.26. The van der Waals surface area contributed by atoms with Crippen LogP contribution in [0.3, 0.4) is 0 Å². The number of nitrogens with zero attached hydrogens (tertiary/aromatic N) is 1. The Bertz CT molecular complexity index is 338. The molecule has 2 heterocycles. The zero-order chi connectivity index (χ0) is 9.64. The summed E-state index contributed by atoms with van der Waals surface area (Å²) in [4.78, 5) is 12.2. The minimum Gasteiger partial charge on any atom is -0.351 e. The summed E-state index contributed by atoms with van der Waals surface area (Å²) in [5, 5.41) is -0.347. The number of likely N-dealkylation sites (tertiary alicyclic amines) is 1. The fourth-order valence-corrected chi connectivity index (χ4v) is 4.32. The number of carbonyl (C=O) groups excluding carboxylic acids is 1. The molecule has 0 aromatic rings. The van der Waals surface area contributed by atoms with Gasteiger partial charge in [0.25, 0.3) is 0 Å². The van der Waals surface area contributed by atoms with E-state index in [0.717, 1.165) is 0 Å². The molecular formula is C7H12N2O3S. The number of fused-ring (bicyclic) bond motifs is 1. The Labute approximate surface area is 76.8 Å². The second-order valence-electron chi connectivity index (χ2n) is 3.70. The number of urea groups is 1. The molecule has 0 unspecified atom stereocenters. The monoisotopic (exact) mass is 204 g/mol. The number of rotatable bonds is 0. The highest BCUT2D eigenvalue weighted by Gasteiger charge is 2.46. The van der Waals surface area contributed by atoms with Crippen LogP contribution in [-0.4, -0.2) is 43.4 Å². The highest BCUT2D eigenvalue weighted by Crippen LogP contribution is 2.33. The maximum absolute atomic E-state index is 11.4. The van der Waals surface area contributed by atoms with Crippen molar-refractivity contribution in [3.8, 4) is 0 Å². The van der Waals surface area contributed by atoms with E-state index in [1.165, 1.54) is 4.90 Å². The number of hydrogen-bond acceptors (Lipinski definition) is 3. The van der Waals surface area contributed by atoms with E-state index in [4.69, 9.17) is 5.73 Å². The molecule has 2 atom stereocenters. The van der Waals surface area contributed by atoms with Crippen LogP contribution in [0.15, 0.2) is 0 Å². The fourth-order valence-electron chi connectivity index (χ4n) is 2.17. The lowest BCUT2D eigenvalue weighted by atomic mass is 10.1. The summed E-state index contributed by atoms with van der Waals surface area (Å²) in [5.74, 6) is 0.395. The highest BCUT2D eigenvalue weighted by molar-refractivity contribution is 7.92. The van der Waals surface area contributed by atoms with Gasteiger partial charge in [0, 0.05) is 13.1 Å². The van der Waals surface area contributed by atoms with Crippen LogP contribution in [0.5, 0.6) is 0 Å². The molecule has 2 aliphatic heterocycles. The van der Waals surface area contributed by atoms with Gasteiger partial charge in [-0.1, -0.05) is 0 Å². The Morgan fingerprint density at radius 3 is 2.62 bits per heavy atom. The summed E-state index contributed by atoms with van der Waals surface area (Å²) in [7, 11) is -2.94. The molecule has 0 aromatic heterocycles. The molecule has 13 heavy (non-hydrogen) atoms. The molecule has 2 fully saturated rings. The van der Waals surface area contributed by atoms with Gasteiger partial charge in [0.15, 0.2) is 9.84 Å². The van der Waals surface area contributed by atoms with E-state index in [2.05, 4.69) is 0 Å². The molecule has 0 aliphatic carbocycles. The van der Waals surface area contributed by atoms with Crippen molar-refractivity contribution in [2.75, 3.05) is 18.8 Å². The van der Waals surface area contributed by atoms with E-state index in [1.54, 1.807) is 0 Å². The number of primary amides is 1. The van der Waals surface area contributed by atoms with E-state index in [-0.39, 0.29) is 16.9 Å². The first-order valence-corrected chi connectivity index (χ1v) is 5.98. The van der Waals surface area contributed by atoms with Crippen LogP contribution in [0.4, 0.5) is 4.79 Å². The summed E-state index contributed by atoms with van der Waals surface area (Å²) in [5.41, 5.74) is 5.08. The van der Waals surface area contributed by atoms with E-state index in [1.807, 2.05) is 0 Å². The molecule has 2 aliphatic rings. The van der Waals surface area contributed by atoms with Crippen LogP contribution in [0, 0.1) is 5.92 Å². The smallest absolute Gasteiger partial charge is 0.314 e. The first kappa shape index (κ1) is 8.80. The lowest BCUT2D eigenvalue weighted by molar-refractivity contribution is 0.216. The van der Waals surface area contributed by atoms with Crippen molar-refractivity contribution in [1.29, 1.82) is 0 Å². The average Bonchev–Trinajstić information content (AvgIpc) is 2.53.